The molecule has 0 N–H and O–H groups in total. The maximum absolute atomic E-state index is 12.0. The van der Waals surface area contributed by atoms with Crippen LogP contribution in [0.1, 0.15) is 5.69 Å². The van der Waals surface area contributed by atoms with E-state index in [1.807, 2.05) is 0 Å². The Balaban J connectivity index is 2.97. The van der Waals surface area contributed by atoms with Gasteiger partial charge in [0.1, 0.15) is 0 Å². The van der Waals surface area contributed by atoms with Crippen LogP contribution in [0.4, 0.5) is 26.3 Å². The van der Waals surface area contributed by atoms with Crippen molar-refractivity contribution in [2.45, 2.75) is 12.5 Å². The van der Waals surface area contributed by atoms with Gasteiger partial charge in [0.25, 0.3) is 0 Å². The number of alkyl halides is 6. The molecule has 0 fully saturated rings. The maximum Gasteiger partial charge on any atom is 0.574 e. The third kappa shape index (κ3) is 3.03. The third-order valence-corrected chi connectivity index (χ3v) is 1.35. The largest absolute Gasteiger partial charge is 0.574 e. The summed E-state index contributed by atoms with van der Waals surface area (Å²) in [6.45, 7) is 0. The van der Waals surface area contributed by atoms with Crippen molar-refractivity contribution in [2.24, 2.45) is 7.05 Å². The van der Waals surface area contributed by atoms with Gasteiger partial charge in [-0.25, -0.2) is 4.68 Å². The highest BCUT2D eigenvalue weighted by Crippen LogP contribution is 2.32. The zero-order valence-electron chi connectivity index (χ0n) is 7.15. The second-order valence-corrected chi connectivity index (χ2v) is 2.54. The molecule has 0 aliphatic heterocycles. The molecule has 1 aromatic heterocycles. The summed E-state index contributed by atoms with van der Waals surface area (Å²) in [5.74, 6) is -1.02. The van der Waals surface area contributed by atoms with Gasteiger partial charge in [-0.05, 0) is 0 Å². The molecule has 0 unspecified atom stereocenters. The normalized spacial score (nSPS) is 13.0. The lowest BCUT2D eigenvalue weighted by molar-refractivity contribution is -0.277. The van der Waals surface area contributed by atoms with E-state index in [9.17, 15) is 26.3 Å². The Morgan fingerprint density at radius 3 is 2.07 bits per heavy atom. The van der Waals surface area contributed by atoms with Gasteiger partial charge < -0.3 is 4.74 Å². The van der Waals surface area contributed by atoms with Crippen molar-refractivity contribution in [3.63, 3.8) is 0 Å². The minimum absolute atomic E-state index is 0.174. The zero-order valence-corrected chi connectivity index (χ0v) is 7.15. The smallest absolute Gasteiger partial charge is 0.388 e. The fourth-order valence-corrected chi connectivity index (χ4v) is 0.803. The number of ether oxygens (including phenoxy) is 1. The summed E-state index contributed by atoms with van der Waals surface area (Å²) in [5, 5.41) is 2.83. The molecule has 0 amide bonds. The average molecular weight is 234 g/mol. The molecule has 0 aliphatic rings. The molecule has 0 radical (unpaired) electrons. The van der Waals surface area contributed by atoms with Gasteiger partial charge in [0.05, 0.1) is 0 Å². The van der Waals surface area contributed by atoms with Gasteiger partial charge in [0, 0.05) is 13.1 Å². The predicted molar refractivity (Wildman–Crippen MR) is 34.9 cm³/mol. The maximum atomic E-state index is 12.0. The van der Waals surface area contributed by atoms with E-state index < -0.39 is 24.1 Å². The number of aryl methyl sites for hydroxylation is 1. The Kier molecular flexibility index (Phi) is 2.58. The van der Waals surface area contributed by atoms with Crippen molar-refractivity contribution < 1.29 is 31.1 Å². The van der Waals surface area contributed by atoms with E-state index in [1.54, 1.807) is 0 Å². The molecule has 9 heteroatoms. The number of hydrogen-bond acceptors (Lipinski definition) is 2. The second-order valence-electron chi connectivity index (χ2n) is 2.54. The van der Waals surface area contributed by atoms with Gasteiger partial charge in [-0.3, -0.25) is 0 Å². The first-order valence-corrected chi connectivity index (χ1v) is 3.46. The van der Waals surface area contributed by atoms with E-state index >= 15 is 0 Å². The van der Waals surface area contributed by atoms with Crippen LogP contribution in [0.2, 0.25) is 0 Å². The standard InChI is InChI=1S/C6H4F6N2O/c1-14-4(15-6(10,11)12)2-3(13-14)5(7,8)9/h2H,1H3. The molecule has 0 aromatic carbocycles. The lowest BCUT2D eigenvalue weighted by atomic mass is 10.4. The lowest BCUT2D eigenvalue weighted by Crippen LogP contribution is -2.18. The van der Waals surface area contributed by atoms with Crippen LogP contribution in [-0.4, -0.2) is 16.1 Å². The molecule has 0 saturated carbocycles. The highest BCUT2D eigenvalue weighted by Gasteiger charge is 2.38. The monoisotopic (exact) mass is 234 g/mol. The second kappa shape index (κ2) is 3.31. The number of nitrogens with zero attached hydrogens (tertiary/aromatic N) is 2. The summed E-state index contributed by atoms with van der Waals surface area (Å²) in [6.07, 6.45) is -9.85. The van der Waals surface area contributed by atoms with Crippen molar-refractivity contribution >= 4 is 0 Å². The van der Waals surface area contributed by atoms with E-state index in [0.717, 1.165) is 7.05 Å². The van der Waals surface area contributed by atoms with Crippen LogP contribution in [-0.2, 0) is 13.2 Å². The molecule has 3 nitrogen and oxygen atoms in total. The fraction of sp³-hybridized carbons (Fsp3) is 0.500. The number of rotatable bonds is 1. The van der Waals surface area contributed by atoms with E-state index in [2.05, 4.69) is 9.84 Å². The quantitative estimate of drug-likeness (QED) is 0.697. The van der Waals surface area contributed by atoms with E-state index in [-0.39, 0.29) is 6.07 Å². The highest BCUT2D eigenvalue weighted by molar-refractivity contribution is 5.18. The molecule has 0 spiro atoms. The lowest BCUT2D eigenvalue weighted by Gasteiger charge is -2.07. The summed E-state index contributed by atoms with van der Waals surface area (Å²) in [6, 6.07) is 0.174. The number of halogens is 6. The Hall–Kier alpha value is -1.41. The minimum Gasteiger partial charge on any atom is -0.388 e. The van der Waals surface area contributed by atoms with Crippen LogP contribution in [0.15, 0.2) is 6.07 Å². The molecule has 15 heavy (non-hydrogen) atoms. The SMILES string of the molecule is Cn1nc(C(F)(F)F)cc1OC(F)(F)F. The highest BCUT2D eigenvalue weighted by atomic mass is 19.4. The predicted octanol–water partition coefficient (Wildman–Crippen LogP) is 2.34. The average Bonchev–Trinajstić information content (AvgIpc) is 2.27. The zero-order chi connectivity index (χ0) is 11.9. The van der Waals surface area contributed by atoms with E-state index in [1.165, 1.54) is 0 Å². The number of hydrogen-bond donors (Lipinski definition) is 0. The molecule has 1 aromatic rings. The van der Waals surface area contributed by atoms with Gasteiger partial charge in [0.15, 0.2) is 5.69 Å². The molecular formula is C6H4F6N2O. The van der Waals surface area contributed by atoms with Crippen LogP contribution >= 0.6 is 0 Å². The molecular weight excluding hydrogens is 230 g/mol. The molecule has 86 valence electrons. The van der Waals surface area contributed by atoms with Crippen LogP contribution < -0.4 is 4.74 Å². The molecule has 0 atom stereocenters. The Bertz CT molecular complexity index is 351. The van der Waals surface area contributed by atoms with E-state index in [0.29, 0.717) is 4.68 Å². The van der Waals surface area contributed by atoms with Crippen molar-refractivity contribution in [1.29, 1.82) is 0 Å². The van der Waals surface area contributed by atoms with Crippen molar-refractivity contribution in [3.05, 3.63) is 11.8 Å². The summed E-state index contributed by atoms with van der Waals surface area (Å²) in [7, 11) is 0.913. The van der Waals surface area contributed by atoms with Crippen LogP contribution in [0, 0.1) is 0 Å². The Morgan fingerprint density at radius 2 is 1.73 bits per heavy atom. The van der Waals surface area contributed by atoms with Gasteiger partial charge in [-0.15, -0.1) is 13.2 Å². The topological polar surface area (TPSA) is 27.1 Å². The summed E-state index contributed by atoms with van der Waals surface area (Å²) in [5.41, 5.74) is -1.44. The fourth-order valence-electron chi connectivity index (χ4n) is 0.803. The first-order valence-electron chi connectivity index (χ1n) is 3.46. The van der Waals surface area contributed by atoms with Gasteiger partial charge in [-0.1, -0.05) is 0 Å². The molecule has 0 saturated heterocycles. The molecule has 1 heterocycles. The van der Waals surface area contributed by atoms with Crippen LogP contribution in [0.3, 0.4) is 0 Å². The first-order chi connectivity index (χ1) is 6.59. The third-order valence-electron chi connectivity index (χ3n) is 1.35. The Morgan fingerprint density at radius 1 is 1.20 bits per heavy atom. The van der Waals surface area contributed by atoms with Crippen molar-refractivity contribution in [3.8, 4) is 5.88 Å². The summed E-state index contributed by atoms with van der Waals surface area (Å²) >= 11 is 0. The molecule has 1 rings (SSSR count). The van der Waals surface area contributed by atoms with E-state index in [4.69, 9.17) is 0 Å². The Labute approximate surface area is 79.2 Å². The van der Waals surface area contributed by atoms with Crippen molar-refractivity contribution in [2.75, 3.05) is 0 Å². The van der Waals surface area contributed by atoms with Gasteiger partial charge in [0.2, 0.25) is 5.88 Å². The number of aromatic nitrogens is 2. The molecule has 0 bridgehead atoms. The van der Waals surface area contributed by atoms with Crippen LogP contribution in [0.5, 0.6) is 5.88 Å². The van der Waals surface area contributed by atoms with Gasteiger partial charge >= 0.3 is 12.5 Å². The van der Waals surface area contributed by atoms with Gasteiger partial charge in [-0.2, -0.15) is 18.3 Å². The van der Waals surface area contributed by atoms with Crippen molar-refractivity contribution in [1.82, 2.24) is 9.78 Å². The molecule has 0 aliphatic carbocycles. The summed E-state index contributed by atoms with van der Waals surface area (Å²) < 4.78 is 74.7. The first kappa shape index (κ1) is 11.7. The minimum atomic E-state index is -5.04. The van der Waals surface area contributed by atoms with Crippen LogP contribution in [0.25, 0.3) is 0 Å². The summed E-state index contributed by atoms with van der Waals surface area (Å²) in [4.78, 5) is 0.